The van der Waals surface area contributed by atoms with Gasteiger partial charge in [-0.3, -0.25) is 14.7 Å². The Morgan fingerprint density at radius 2 is 1.88 bits per heavy atom. The second kappa shape index (κ2) is 10.3. The first kappa shape index (κ1) is 26.2. The highest BCUT2D eigenvalue weighted by molar-refractivity contribution is 7.17. The molecule has 0 unspecified atom stereocenters. The van der Waals surface area contributed by atoms with Crippen LogP contribution in [0.15, 0.2) is 66.9 Å². The molecule has 3 aromatic heterocycles. The number of nitrogens with zero attached hydrogens (tertiary/aromatic N) is 3. The molecule has 2 N–H and O–H groups in total. The third-order valence-corrected chi connectivity index (χ3v) is 8.95. The van der Waals surface area contributed by atoms with Gasteiger partial charge in [0.2, 0.25) is 0 Å². The summed E-state index contributed by atoms with van der Waals surface area (Å²) >= 11 is 1.24. The Hall–Kier alpha value is -4.70. The number of carbonyl (C=O) groups excluding carboxylic acids is 2. The second-order valence-electron chi connectivity index (χ2n) is 10.6. The van der Waals surface area contributed by atoms with Crippen LogP contribution in [0.25, 0.3) is 21.7 Å². The lowest BCUT2D eigenvalue weighted by molar-refractivity contribution is 0.0981. The number of thiophene rings is 1. The lowest BCUT2D eigenvalue weighted by atomic mass is 10.1. The lowest BCUT2D eigenvalue weighted by Gasteiger charge is -2.23. The molecule has 1 aliphatic heterocycles. The van der Waals surface area contributed by atoms with Crippen LogP contribution in [-0.4, -0.2) is 33.5 Å². The summed E-state index contributed by atoms with van der Waals surface area (Å²) in [6, 6.07) is 16.0. The summed E-state index contributed by atoms with van der Waals surface area (Å²) in [5.74, 6) is -1.32. The van der Waals surface area contributed by atoms with Gasteiger partial charge in [-0.15, -0.1) is 11.3 Å². The summed E-state index contributed by atoms with van der Waals surface area (Å²) in [6.07, 6.45) is 4.37. The van der Waals surface area contributed by atoms with Crippen molar-refractivity contribution in [3.05, 3.63) is 106 Å². The van der Waals surface area contributed by atoms with Gasteiger partial charge in [0.15, 0.2) is 0 Å². The molecular weight excluding hydrogens is 556 g/mol. The second-order valence-corrected chi connectivity index (χ2v) is 11.7. The first-order valence-electron chi connectivity index (χ1n) is 13.7. The van der Waals surface area contributed by atoms with Gasteiger partial charge in [0.25, 0.3) is 11.8 Å². The average molecular weight is 582 g/mol. The predicted octanol–water partition coefficient (Wildman–Crippen LogP) is 7.12. The van der Waals surface area contributed by atoms with Gasteiger partial charge in [0.05, 0.1) is 28.1 Å². The van der Waals surface area contributed by atoms with Crippen LogP contribution in [-0.2, 0) is 6.42 Å². The summed E-state index contributed by atoms with van der Waals surface area (Å²) in [7, 11) is 0. The fourth-order valence-electron chi connectivity index (χ4n) is 5.43. The number of rotatable bonds is 5. The first-order valence-corrected chi connectivity index (χ1v) is 14.5. The van der Waals surface area contributed by atoms with Gasteiger partial charge in [-0.05, 0) is 79.8 Å². The third kappa shape index (κ3) is 4.67. The van der Waals surface area contributed by atoms with Crippen molar-refractivity contribution < 1.29 is 18.4 Å². The van der Waals surface area contributed by atoms with Crippen molar-refractivity contribution in [1.29, 1.82) is 0 Å². The maximum absolute atomic E-state index is 14.6. The number of fused-ring (bicyclic) bond motifs is 3. The quantitative estimate of drug-likeness (QED) is 0.231. The number of hydrogen-bond acceptors (Lipinski definition) is 5. The summed E-state index contributed by atoms with van der Waals surface area (Å²) in [5.41, 5.74) is 5.48. The minimum absolute atomic E-state index is 0.139. The number of nitrogens with one attached hydrogen (secondary N) is 2. The van der Waals surface area contributed by atoms with E-state index in [1.54, 1.807) is 54.4 Å². The van der Waals surface area contributed by atoms with Gasteiger partial charge in [-0.2, -0.15) is 5.10 Å². The monoisotopic (exact) mass is 581 g/mol. The number of pyridine rings is 1. The molecule has 0 saturated heterocycles. The van der Waals surface area contributed by atoms with Crippen LogP contribution in [0.1, 0.15) is 55.7 Å². The van der Waals surface area contributed by atoms with E-state index in [9.17, 15) is 18.4 Å². The van der Waals surface area contributed by atoms with Crippen LogP contribution >= 0.6 is 11.3 Å². The van der Waals surface area contributed by atoms with Crippen molar-refractivity contribution in [2.24, 2.45) is 0 Å². The van der Waals surface area contributed by atoms with Crippen molar-refractivity contribution in [2.75, 3.05) is 16.8 Å². The van der Waals surface area contributed by atoms with E-state index in [0.29, 0.717) is 39.7 Å². The van der Waals surface area contributed by atoms with Gasteiger partial charge < -0.3 is 10.2 Å². The van der Waals surface area contributed by atoms with Gasteiger partial charge >= 0.3 is 0 Å². The van der Waals surface area contributed by atoms with Gasteiger partial charge in [0.1, 0.15) is 17.3 Å². The standard InChI is InChI=1S/C32H25F2N5O2S/c1-17-4-2-5-23(34)28(17)37-31(40)27-14-19-12-13-39(26-15-20(33)10-11-21(26)30(19)42-27)32(41)25-7-3-6-24(36-25)22-16-35-38-29(22)18-8-9-18/h2-7,10-11,14-16,18H,8-9,12-13H2,1H3,(H,35,38)(H,37,40). The molecule has 2 amide bonds. The fourth-order valence-corrected chi connectivity index (χ4v) is 6.57. The Morgan fingerprint density at radius 3 is 2.69 bits per heavy atom. The predicted molar refractivity (Wildman–Crippen MR) is 158 cm³/mol. The summed E-state index contributed by atoms with van der Waals surface area (Å²) in [4.78, 5) is 34.5. The number of benzene rings is 2. The van der Waals surface area contributed by atoms with E-state index in [0.717, 1.165) is 34.5 Å². The fraction of sp³-hybridized carbons (Fsp3) is 0.188. The highest BCUT2D eigenvalue weighted by Crippen LogP contribution is 2.44. The number of para-hydroxylation sites is 1. The number of hydrogen-bond donors (Lipinski definition) is 2. The van der Waals surface area contributed by atoms with Crippen LogP contribution in [0, 0.1) is 18.6 Å². The molecule has 4 heterocycles. The lowest BCUT2D eigenvalue weighted by Crippen LogP contribution is -2.33. The Balaban J connectivity index is 1.21. The van der Waals surface area contributed by atoms with Crippen molar-refractivity contribution in [1.82, 2.24) is 15.2 Å². The van der Waals surface area contributed by atoms with Crippen molar-refractivity contribution in [3.8, 4) is 21.7 Å². The molecule has 2 aliphatic rings. The van der Waals surface area contributed by atoms with Gasteiger partial charge in [0, 0.05) is 34.2 Å². The highest BCUT2D eigenvalue weighted by atomic mass is 32.1. The molecule has 0 atom stereocenters. The molecule has 1 fully saturated rings. The molecule has 2 aromatic carbocycles. The number of aromatic amines is 1. The van der Waals surface area contributed by atoms with Gasteiger partial charge in [-0.25, -0.2) is 13.8 Å². The minimum atomic E-state index is -0.509. The molecule has 42 heavy (non-hydrogen) atoms. The van der Waals surface area contributed by atoms with E-state index < -0.39 is 17.5 Å². The highest BCUT2D eigenvalue weighted by Gasteiger charge is 2.31. The number of anilines is 2. The number of carbonyl (C=O) groups is 2. The van der Waals surface area contributed by atoms with Crippen LogP contribution in [0.2, 0.25) is 0 Å². The van der Waals surface area contributed by atoms with E-state index in [1.807, 2.05) is 6.07 Å². The smallest absolute Gasteiger partial charge is 0.276 e. The zero-order valence-electron chi connectivity index (χ0n) is 22.6. The minimum Gasteiger partial charge on any atom is -0.319 e. The zero-order chi connectivity index (χ0) is 29.0. The average Bonchev–Trinajstić information content (AvgIpc) is 3.59. The van der Waals surface area contributed by atoms with Crippen LogP contribution in [0.4, 0.5) is 20.2 Å². The Labute approximate surface area is 244 Å². The summed E-state index contributed by atoms with van der Waals surface area (Å²) in [5, 5.41) is 9.96. The molecule has 0 spiro atoms. The number of amides is 2. The summed E-state index contributed by atoms with van der Waals surface area (Å²) < 4.78 is 29.0. The van der Waals surface area contributed by atoms with E-state index in [2.05, 4.69) is 20.5 Å². The molecule has 1 saturated carbocycles. The van der Waals surface area contributed by atoms with Crippen LogP contribution in [0.3, 0.4) is 0 Å². The molecule has 5 aromatic rings. The Kier molecular flexibility index (Phi) is 6.42. The molecule has 0 bridgehead atoms. The number of aryl methyl sites for hydroxylation is 1. The Morgan fingerprint density at radius 1 is 1.05 bits per heavy atom. The van der Waals surface area contributed by atoms with Crippen LogP contribution < -0.4 is 10.2 Å². The molecule has 10 heteroatoms. The number of H-pyrrole nitrogens is 1. The maximum Gasteiger partial charge on any atom is 0.276 e. The molecular formula is C32H25F2N5O2S. The topological polar surface area (TPSA) is 91.0 Å². The van der Waals surface area contributed by atoms with Crippen molar-refractivity contribution >= 4 is 34.5 Å². The van der Waals surface area contributed by atoms with E-state index >= 15 is 0 Å². The van der Waals surface area contributed by atoms with Crippen molar-refractivity contribution in [2.45, 2.75) is 32.1 Å². The normalized spacial score (nSPS) is 14.2. The molecule has 1 aliphatic carbocycles. The van der Waals surface area contributed by atoms with E-state index in [1.165, 1.54) is 29.5 Å². The van der Waals surface area contributed by atoms with Crippen LogP contribution in [0.5, 0.6) is 0 Å². The third-order valence-electron chi connectivity index (χ3n) is 7.74. The molecule has 7 nitrogen and oxygen atoms in total. The number of aromatic nitrogens is 3. The zero-order valence-corrected chi connectivity index (χ0v) is 23.4. The molecule has 0 radical (unpaired) electrons. The van der Waals surface area contributed by atoms with Crippen molar-refractivity contribution in [3.63, 3.8) is 0 Å². The SMILES string of the molecule is Cc1cccc(F)c1NC(=O)c1cc2c(s1)-c1ccc(F)cc1N(C(=O)c1cccc(-c3cn[nH]c3C3CC3)n1)CC2. The molecule has 210 valence electrons. The largest absolute Gasteiger partial charge is 0.319 e. The maximum atomic E-state index is 14.6. The number of halogens is 2. The Bertz CT molecular complexity index is 1860. The summed E-state index contributed by atoms with van der Waals surface area (Å²) in [6.45, 7) is 1.99. The van der Waals surface area contributed by atoms with Gasteiger partial charge in [-0.1, -0.05) is 18.2 Å². The molecule has 7 rings (SSSR count). The first-order chi connectivity index (χ1) is 20.4. The van der Waals surface area contributed by atoms with E-state index in [4.69, 9.17) is 0 Å². The van der Waals surface area contributed by atoms with E-state index in [-0.39, 0.29) is 23.8 Å².